The molecule has 2 spiro atoms. The van der Waals surface area contributed by atoms with Crippen LogP contribution in [-0.2, 0) is 38.5 Å². The second-order valence-corrected chi connectivity index (χ2v) is 17.3. The van der Waals surface area contributed by atoms with Crippen LogP contribution in [0.2, 0.25) is 0 Å². The molecule has 9 heterocycles. The predicted molar refractivity (Wildman–Crippen MR) is 177 cm³/mol. The van der Waals surface area contributed by atoms with Crippen molar-refractivity contribution in [2.45, 2.75) is 147 Å². The van der Waals surface area contributed by atoms with Gasteiger partial charge in [0.15, 0.2) is 23.8 Å². The van der Waals surface area contributed by atoms with Crippen molar-refractivity contribution in [3.05, 3.63) is 30.1 Å². The summed E-state index contributed by atoms with van der Waals surface area (Å²) >= 11 is 0. The van der Waals surface area contributed by atoms with E-state index in [0.29, 0.717) is 23.8 Å². The fourth-order valence-electron chi connectivity index (χ4n) is 11.6. The van der Waals surface area contributed by atoms with E-state index in [4.69, 9.17) is 43.6 Å². The number of pyridine rings is 1. The quantitative estimate of drug-likeness (QED) is 0.221. The molecule has 1 aromatic heterocycles. The van der Waals surface area contributed by atoms with Crippen LogP contribution in [0.4, 0.5) is 0 Å². The standard InChI is InChI=1S/C38H53N3O9/c1-20-7-9-27-22(3)30(43-33-37(27)25(20)11-15-35(5,45-33)47-49-37)19-29(40-41-32(42)24-13-17-39-18-14-24)31-23(4)28-10-8-21(2)26-12-16-36(6)46-34(44-31)38(26,28)50-48-36/h13-14,17-18,20-23,25-28,30-31,33-34H,7-12,15-16,19H2,1-6H3,(H,41,42)/t20-,21-,22-,23-,25+,26+,27+,28+,30-,31+,33-,34-,35+,36+,37-,38-/m1/s1. The number of hydrogen-bond acceptors (Lipinski definition) is 11. The van der Waals surface area contributed by atoms with E-state index in [9.17, 15) is 4.79 Å². The first kappa shape index (κ1) is 33.8. The van der Waals surface area contributed by atoms with E-state index >= 15 is 0 Å². The smallest absolute Gasteiger partial charge is 0.271 e. The highest BCUT2D eigenvalue weighted by atomic mass is 17.3. The average Bonchev–Trinajstić information content (AvgIpc) is 3.48. The number of carbonyl (C=O) groups excluding carboxylic acids is 1. The molecule has 1 aromatic rings. The molecule has 0 radical (unpaired) electrons. The predicted octanol–water partition coefficient (Wildman–Crippen LogP) is 6.06. The number of hydrogen-bond donors (Lipinski definition) is 1. The zero-order chi connectivity index (χ0) is 34.6. The topological polar surface area (TPSA) is 128 Å². The van der Waals surface area contributed by atoms with Gasteiger partial charge in [0, 0.05) is 49.1 Å². The Morgan fingerprint density at radius 2 is 1.32 bits per heavy atom. The zero-order valence-corrected chi connectivity index (χ0v) is 30.2. The highest BCUT2D eigenvalue weighted by Crippen LogP contribution is 2.63. The van der Waals surface area contributed by atoms with Crippen molar-refractivity contribution >= 4 is 11.6 Å². The van der Waals surface area contributed by atoms with Crippen molar-refractivity contribution in [1.82, 2.24) is 10.4 Å². The van der Waals surface area contributed by atoms with Crippen molar-refractivity contribution in [1.29, 1.82) is 0 Å². The van der Waals surface area contributed by atoms with Crippen LogP contribution in [0, 0.1) is 47.3 Å². The molecule has 12 nitrogen and oxygen atoms in total. The van der Waals surface area contributed by atoms with E-state index < -0.39 is 41.5 Å². The van der Waals surface area contributed by atoms with Gasteiger partial charge in [-0.15, -0.1) is 0 Å². The molecule has 16 atom stereocenters. The Hall–Kier alpha value is -2.03. The summed E-state index contributed by atoms with van der Waals surface area (Å²) in [6.07, 6.45) is 9.31. The Morgan fingerprint density at radius 3 is 1.92 bits per heavy atom. The Kier molecular flexibility index (Phi) is 8.10. The van der Waals surface area contributed by atoms with Crippen LogP contribution in [0.1, 0.15) is 110 Å². The van der Waals surface area contributed by atoms with Crippen LogP contribution in [0.15, 0.2) is 29.6 Å². The average molecular weight is 696 g/mol. The molecule has 2 aliphatic carbocycles. The minimum atomic E-state index is -0.895. The van der Waals surface area contributed by atoms with Crippen LogP contribution >= 0.6 is 0 Å². The lowest BCUT2D eigenvalue weighted by Crippen LogP contribution is -2.71. The van der Waals surface area contributed by atoms with Gasteiger partial charge in [0.2, 0.25) is 11.6 Å². The van der Waals surface area contributed by atoms with Crippen LogP contribution in [0.5, 0.6) is 0 Å². The van der Waals surface area contributed by atoms with E-state index in [1.807, 2.05) is 13.8 Å². The van der Waals surface area contributed by atoms with Gasteiger partial charge in [0.05, 0.1) is 11.8 Å². The normalized spacial score (nSPS) is 52.3. The number of ether oxygens (including phenoxy) is 4. The van der Waals surface area contributed by atoms with E-state index in [2.05, 4.69) is 38.1 Å². The second kappa shape index (κ2) is 12.0. The Morgan fingerprint density at radius 1 is 0.760 bits per heavy atom. The highest BCUT2D eigenvalue weighted by molar-refractivity contribution is 5.96. The maximum Gasteiger partial charge on any atom is 0.271 e. The minimum absolute atomic E-state index is 0.00146. The molecule has 8 saturated heterocycles. The number of amides is 1. The Bertz CT molecular complexity index is 1520. The summed E-state index contributed by atoms with van der Waals surface area (Å²) < 4.78 is 27.5. The molecular formula is C38H53N3O9. The van der Waals surface area contributed by atoms with Crippen molar-refractivity contribution in [3.8, 4) is 0 Å². The van der Waals surface area contributed by atoms with Gasteiger partial charge >= 0.3 is 0 Å². The number of rotatable bonds is 5. The van der Waals surface area contributed by atoms with Crippen LogP contribution in [0.25, 0.3) is 0 Å². The summed E-state index contributed by atoms with van der Waals surface area (Å²) in [5.74, 6) is -0.244. The molecule has 2 saturated carbocycles. The van der Waals surface area contributed by atoms with Crippen LogP contribution in [-0.4, -0.2) is 64.2 Å². The lowest BCUT2D eigenvalue weighted by atomic mass is 9.56. The van der Waals surface area contributed by atoms with Gasteiger partial charge in [-0.3, -0.25) is 9.78 Å². The highest BCUT2D eigenvalue weighted by Gasteiger charge is 2.71. The number of nitrogens with zero attached hydrogens (tertiary/aromatic N) is 2. The first-order valence-electron chi connectivity index (χ1n) is 19.1. The van der Waals surface area contributed by atoms with Gasteiger partial charge < -0.3 is 18.9 Å². The van der Waals surface area contributed by atoms with Gasteiger partial charge in [-0.1, -0.05) is 27.7 Å². The number of carbonyl (C=O) groups is 1. The van der Waals surface area contributed by atoms with E-state index in [-0.39, 0.29) is 47.5 Å². The maximum absolute atomic E-state index is 13.4. The molecule has 10 fully saturated rings. The second-order valence-electron chi connectivity index (χ2n) is 17.3. The van der Waals surface area contributed by atoms with E-state index in [1.165, 1.54) is 0 Å². The third kappa shape index (κ3) is 4.96. The summed E-state index contributed by atoms with van der Waals surface area (Å²) in [7, 11) is 0. The molecule has 4 bridgehead atoms. The van der Waals surface area contributed by atoms with E-state index in [0.717, 1.165) is 57.1 Å². The largest absolute Gasteiger partial charge is 0.345 e. The zero-order valence-electron chi connectivity index (χ0n) is 30.2. The molecule has 0 aromatic carbocycles. The Balaban J connectivity index is 1.07. The SMILES string of the molecule is C[C@H]1[C@@H](C(C[C@H]2O[C@@H]3O[C@]4(C)CC[C@H]5[C@H](C)CC[C@@H]([C@H]2C)[C@@]35OO4)=NNC(=O)c2ccncc2)O[C@@H]2O[C@]3(C)CC[C@H]4[C@H](C)CC[C@@H]1[C@@]24OO3. The first-order chi connectivity index (χ1) is 24.0. The van der Waals surface area contributed by atoms with Crippen molar-refractivity contribution < 1.29 is 43.3 Å². The number of aromatic nitrogens is 1. The van der Waals surface area contributed by atoms with Crippen molar-refractivity contribution in [2.24, 2.45) is 52.4 Å². The van der Waals surface area contributed by atoms with Gasteiger partial charge in [0.1, 0.15) is 6.10 Å². The maximum atomic E-state index is 13.4. The Labute approximate surface area is 294 Å². The van der Waals surface area contributed by atoms with Gasteiger partial charge in [-0.2, -0.15) is 5.10 Å². The van der Waals surface area contributed by atoms with Gasteiger partial charge in [-0.05, 0) is 100 Å². The summed E-state index contributed by atoms with van der Waals surface area (Å²) in [5, 5.41) is 4.90. The molecule has 0 unspecified atom stereocenters. The fourth-order valence-corrected chi connectivity index (χ4v) is 11.6. The summed E-state index contributed by atoms with van der Waals surface area (Å²) in [6, 6.07) is 3.36. The number of nitrogens with one attached hydrogen (secondary N) is 1. The molecule has 10 aliphatic rings. The van der Waals surface area contributed by atoms with Gasteiger partial charge in [-0.25, -0.2) is 25.0 Å². The van der Waals surface area contributed by atoms with Crippen molar-refractivity contribution in [3.63, 3.8) is 0 Å². The monoisotopic (exact) mass is 695 g/mol. The third-order valence-corrected chi connectivity index (χ3v) is 14.4. The lowest BCUT2D eigenvalue weighted by molar-refractivity contribution is -0.571. The molecule has 1 amide bonds. The molecule has 8 aliphatic heterocycles. The number of fused-ring (bicyclic) bond motifs is 4. The molecular weight excluding hydrogens is 642 g/mol. The summed E-state index contributed by atoms with van der Waals surface area (Å²) in [5.41, 5.74) is 2.70. The minimum Gasteiger partial charge on any atom is -0.345 e. The number of hydrazone groups is 1. The van der Waals surface area contributed by atoms with Crippen molar-refractivity contribution in [2.75, 3.05) is 0 Å². The van der Waals surface area contributed by atoms with E-state index in [1.54, 1.807) is 24.5 Å². The molecule has 1 N–H and O–H groups in total. The molecule has 12 heteroatoms. The molecule has 50 heavy (non-hydrogen) atoms. The fraction of sp³-hybridized carbons (Fsp3) is 0.816. The summed E-state index contributed by atoms with van der Waals surface area (Å²) in [4.78, 5) is 42.5. The van der Waals surface area contributed by atoms with Crippen LogP contribution in [0.3, 0.4) is 0 Å². The summed E-state index contributed by atoms with van der Waals surface area (Å²) in [6.45, 7) is 13.0. The van der Waals surface area contributed by atoms with Crippen LogP contribution < -0.4 is 5.43 Å². The van der Waals surface area contributed by atoms with Gasteiger partial charge in [0.25, 0.3) is 5.91 Å². The molecule has 274 valence electrons. The molecule has 11 rings (SSSR count). The first-order valence-corrected chi connectivity index (χ1v) is 19.1. The lowest BCUT2D eigenvalue weighted by Gasteiger charge is -2.61. The third-order valence-electron chi connectivity index (χ3n) is 14.4.